The zero-order valence-electron chi connectivity index (χ0n) is 7.50. The van der Waals surface area contributed by atoms with E-state index in [9.17, 15) is 9.70 Å². The number of nitrogens with zero attached hydrogens (tertiary/aromatic N) is 3. The Hall–Kier alpha value is -1.69. The molecule has 15 heavy (non-hydrogen) atoms. The molecular formula is C9H6BrN3O2. The Morgan fingerprint density at radius 2 is 2.33 bits per heavy atom. The third-order valence-corrected chi connectivity index (χ3v) is 1.79. The minimum atomic E-state index is -0.884. The molecule has 6 heteroatoms. The van der Waals surface area contributed by atoms with Crippen LogP contribution in [0, 0.1) is 4.91 Å². The second-order valence-corrected chi connectivity index (χ2v) is 3.25. The molecule has 5 nitrogen and oxygen atoms in total. The van der Waals surface area contributed by atoms with Crippen molar-refractivity contribution in [2.75, 3.05) is 0 Å². The van der Waals surface area contributed by atoms with E-state index in [1.54, 1.807) is 24.5 Å². The first-order valence-corrected chi connectivity index (χ1v) is 4.70. The molecule has 1 heterocycles. The third-order valence-electron chi connectivity index (χ3n) is 1.35. The zero-order valence-corrected chi connectivity index (χ0v) is 9.09. The van der Waals surface area contributed by atoms with Crippen LogP contribution in [-0.4, -0.2) is 17.1 Å². The molecule has 1 aromatic rings. The number of carbonyl (C=O) groups excluding carboxylic acids is 1. The lowest BCUT2D eigenvalue weighted by Crippen LogP contribution is -1.85. The van der Waals surface area contributed by atoms with E-state index in [1.165, 1.54) is 6.21 Å². The fraction of sp³-hybridized carbons (Fsp3) is 0. The van der Waals surface area contributed by atoms with Gasteiger partial charge in [-0.05, 0) is 22.0 Å². The number of nitroso groups, excluding NO2 is 1. The maximum Gasteiger partial charge on any atom is 0.312 e. The van der Waals surface area contributed by atoms with E-state index in [4.69, 9.17) is 0 Å². The molecule has 0 aliphatic carbocycles. The Balaban J connectivity index is 2.70. The van der Waals surface area contributed by atoms with Crippen LogP contribution in [0.3, 0.4) is 0 Å². The molecule has 0 aromatic carbocycles. The van der Waals surface area contributed by atoms with Gasteiger partial charge in [-0.2, -0.15) is 0 Å². The van der Waals surface area contributed by atoms with Gasteiger partial charge in [-0.3, -0.25) is 9.78 Å². The van der Waals surface area contributed by atoms with Crippen molar-refractivity contribution in [3.8, 4) is 0 Å². The highest BCUT2D eigenvalue weighted by atomic mass is 79.9. The van der Waals surface area contributed by atoms with Crippen molar-refractivity contribution in [3.63, 3.8) is 0 Å². The van der Waals surface area contributed by atoms with Gasteiger partial charge in [0.05, 0.1) is 0 Å². The highest BCUT2D eigenvalue weighted by molar-refractivity contribution is 9.11. The first-order valence-electron chi connectivity index (χ1n) is 3.91. The number of halogens is 1. The van der Waals surface area contributed by atoms with E-state index in [-0.39, 0.29) is 4.61 Å². The molecule has 76 valence electrons. The molecule has 1 amide bonds. The van der Waals surface area contributed by atoms with Crippen LogP contribution in [0.5, 0.6) is 0 Å². The van der Waals surface area contributed by atoms with Crippen LogP contribution in [-0.2, 0) is 4.79 Å². The van der Waals surface area contributed by atoms with E-state index in [1.807, 2.05) is 0 Å². The summed E-state index contributed by atoms with van der Waals surface area (Å²) in [5, 5.41) is 2.20. The molecule has 0 fully saturated rings. The van der Waals surface area contributed by atoms with E-state index >= 15 is 0 Å². The van der Waals surface area contributed by atoms with Crippen molar-refractivity contribution in [3.05, 3.63) is 45.7 Å². The van der Waals surface area contributed by atoms with Crippen molar-refractivity contribution >= 4 is 28.1 Å². The van der Waals surface area contributed by atoms with Gasteiger partial charge < -0.3 is 0 Å². The predicted octanol–water partition coefficient (Wildman–Crippen LogP) is 2.03. The van der Waals surface area contributed by atoms with E-state index in [0.29, 0.717) is 0 Å². The molecule has 0 bridgehead atoms. The van der Waals surface area contributed by atoms with Crippen molar-refractivity contribution in [2.24, 2.45) is 10.2 Å². The SMILES string of the molecule is O=NC(=O)/C=C(Br)/N=C/c1cccnc1. The summed E-state index contributed by atoms with van der Waals surface area (Å²) in [5.74, 6) is -0.884. The minimum Gasteiger partial charge on any atom is -0.264 e. The number of carbonyl (C=O) groups is 1. The summed E-state index contributed by atoms with van der Waals surface area (Å²) in [5.41, 5.74) is 0.786. The highest BCUT2D eigenvalue weighted by Crippen LogP contribution is 2.06. The summed E-state index contributed by atoms with van der Waals surface area (Å²) in [6, 6.07) is 3.56. The Morgan fingerprint density at radius 3 is 2.93 bits per heavy atom. The van der Waals surface area contributed by atoms with Crippen molar-refractivity contribution < 1.29 is 4.79 Å². The van der Waals surface area contributed by atoms with E-state index < -0.39 is 5.91 Å². The summed E-state index contributed by atoms with van der Waals surface area (Å²) in [6.07, 6.45) is 5.75. The van der Waals surface area contributed by atoms with Crippen molar-refractivity contribution in [2.45, 2.75) is 0 Å². The van der Waals surface area contributed by atoms with Gasteiger partial charge >= 0.3 is 5.91 Å². The van der Waals surface area contributed by atoms with Crippen molar-refractivity contribution in [1.82, 2.24) is 4.98 Å². The lowest BCUT2D eigenvalue weighted by atomic mass is 10.3. The fourth-order valence-electron chi connectivity index (χ4n) is 0.754. The van der Waals surface area contributed by atoms with Gasteiger partial charge in [-0.1, -0.05) is 6.07 Å². The van der Waals surface area contributed by atoms with Crippen LogP contribution >= 0.6 is 15.9 Å². The molecule has 0 N–H and O–H groups in total. The second kappa shape index (κ2) is 5.92. The normalized spacial score (nSPS) is 11.7. The minimum absolute atomic E-state index is 0.232. The topological polar surface area (TPSA) is 71.8 Å². The van der Waals surface area contributed by atoms with Crippen LogP contribution in [0.1, 0.15) is 5.56 Å². The number of aliphatic imine (C=N–C) groups is 1. The molecule has 0 saturated carbocycles. The van der Waals surface area contributed by atoms with Crippen LogP contribution in [0.15, 0.2) is 45.4 Å². The van der Waals surface area contributed by atoms with E-state index in [0.717, 1.165) is 11.6 Å². The van der Waals surface area contributed by atoms with Gasteiger partial charge in [-0.15, -0.1) is 4.91 Å². The van der Waals surface area contributed by atoms with Gasteiger partial charge in [0, 0.05) is 35.4 Å². The Kier molecular flexibility index (Phi) is 4.49. The van der Waals surface area contributed by atoms with Gasteiger partial charge in [-0.25, -0.2) is 4.99 Å². The Bertz CT molecular complexity index is 415. The van der Waals surface area contributed by atoms with Crippen molar-refractivity contribution in [1.29, 1.82) is 0 Å². The van der Waals surface area contributed by atoms with E-state index in [2.05, 4.69) is 31.1 Å². The first-order chi connectivity index (χ1) is 7.22. The van der Waals surface area contributed by atoms with Gasteiger partial charge in [0.25, 0.3) is 0 Å². The number of rotatable bonds is 3. The molecule has 0 radical (unpaired) electrons. The highest BCUT2D eigenvalue weighted by Gasteiger charge is 1.95. The molecule has 1 aromatic heterocycles. The largest absolute Gasteiger partial charge is 0.312 e. The number of aromatic nitrogens is 1. The number of pyridine rings is 1. The van der Waals surface area contributed by atoms with Crippen LogP contribution in [0.2, 0.25) is 0 Å². The maximum atomic E-state index is 10.6. The standard InChI is InChI=1S/C9H6BrN3O2/c10-8(4-9(14)13-15)12-6-7-2-1-3-11-5-7/h1-6H/b8-4+,12-6+. The lowest BCUT2D eigenvalue weighted by Gasteiger charge is -1.89. The molecule has 0 spiro atoms. The summed E-state index contributed by atoms with van der Waals surface area (Å²) < 4.78 is 0.232. The average molecular weight is 268 g/mol. The number of amides is 1. The lowest BCUT2D eigenvalue weighted by molar-refractivity contribution is -0.113. The Labute approximate surface area is 94.0 Å². The third kappa shape index (κ3) is 4.37. The van der Waals surface area contributed by atoms with Gasteiger partial charge in [0.2, 0.25) is 0 Å². The quantitative estimate of drug-likeness (QED) is 0.364. The Morgan fingerprint density at radius 1 is 1.53 bits per heavy atom. The van der Waals surface area contributed by atoms with Crippen LogP contribution in [0.25, 0.3) is 0 Å². The number of hydrogen-bond acceptors (Lipinski definition) is 4. The van der Waals surface area contributed by atoms with Gasteiger partial charge in [0.15, 0.2) is 0 Å². The van der Waals surface area contributed by atoms with Crippen LogP contribution in [0.4, 0.5) is 0 Å². The first kappa shape index (κ1) is 11.4. The zero-order chi connectivity index (χ0) is 11.1. The summed E-state index contributed by atoms with van der Waals surface area (Å²) in [4.78, 5) is 28.1. The monoisotopic (exact) mass is 267 g/mol. The fourth-order valence-corrected chi connectivity index (χ4v) is 1.05. The molecule has 0 atom stereocenters. The maximum absolute atomic E-state index is 10.6. The predicted molar refractivity (Wildman–Crippen MR) is 59.6 cm³/mol. The summed E-state index contributed by atoms with van der Waals surface area (Å²) in [7, 11) is 0. The molecule has 1 rings (SSSR count). The smallest absolute Gasteiger partial charge is 0.264 e. The van der Waals surface area contributed by atoms with Crippen LogP contribution < -0.4 is 0 Å². The second-order valence-electron chi connectivity index (χ2n) is 2.44. The molecule has 0 saturated heterocycles. The average Bonchev–Trinajstić information content (AvgIpc) is 2.27. The molecule has 0 aliphatic rings. The summed E-state index contributed by atoms with van der Waals surface area (Å²) >= 11 is 3.00. The van der Waals surface area contributed by atoms with Gasteiger partial charge in [0.1, 0.15) is 4.61 Å². The molecule has 0 aliphatic heterocycles. The molecule has 0 unspecified atom stereocenters. The molecular weight excluding hydrogens is 262 g/mol. The number of hydrogen-bond donors (Lipinski definition) is 0. The summed E-state index contributed by atoms with van der Waals surface area (Å²) in [6.45, 7) is 0.